The van der Waals surface area contributed by atoms with Crippen molar-refractivity contribution in [3.05, 3.63) is 82.7 Å². The smallest absolute Gasteiger partial charge is 0.259 e. The Kier molecular flexibility index (Phi) is 5.83. The molecule has 0 unspecified atom stereocenters. The summed E-state index contributed by atoms with van der Waals surface area (Å²) in [7, 11) is -3.89. The average Bonchev–Trinajstić information content (AvgIpc) is 3.25. The van der Waals surface area contributed by atoms with E-state index < -0.39 is 15.8 Å². The Hall–Kier alpha value is -2.92. The van der Waals surface area contributed by atoms with E-state index in [0.717, 1.165) is 16.5 Å². The fraction of sp³-hybridized carbons (Fsp3) is 0.217. The van der Waals surface area contributed by atoms with Gasteiger partial charge in [-0.1, -0.05) is 42.5 Å². The highest BCUT2D eigenvalue weighted by Gasteiger charge is 2.30. The number of sulfonamides is 1. The van der Waals surface area contributed by atoms with E-state index in [9.17, 15) is 17.6 Å². The summed E-state index contributed by atoms with van der Waals surface area (Å²) < 4.78 is 40.9. The third-order valence-electron chi connectivity index (χ3n) is 5.67. The van der Waals surface area contributed by atoms with Gasteiger partial charge < -0.3 is 4.98 Å². The summed E-state index contributed by atoms with van der Waals surface area (Å²) in [5.74, 6) is -0.208. The molecule has 170 valence electrons. The Balaban J connectivity index is 1.30. The summed E-state index contributed by atoms with van der Waals surface area (Å²) in [6.45, 7) is 1.78. The van der Waals surface area contributed by atoms with Crippen molar-refractivity contribution in [2.75, 3.05) is 26.2 Å². The zero-order valence-electron chi connectivity index (χ0n) is 17.6. The molecule has 33 heavy (non-hydrogen) atoms. The van der Waals surface area contributed by atoms with Crippen molar-refractivity contribution >= 4 is 31.6 Å². The second-order valence-electron chi connectivity index (χ2n) is 7.82. The highest BCUT2D eigenvalue weighted by atomic mass is 32.2. The van der Waals surface area contributed by atoms with Crippen LogP contribution in [0.1, 0.15) is 5.82 Å². The quantitative estimate of drug-likeness (QED) is 0.470. The van der Waals surface area contributed by atoms with Gasteiger partial charge in [-0.15, -0.1) is 11.3 Å². The number of halogens is 1. The summed E-state index contributed by atoms with van der Waals surface area (Å²) in [4.78, 5) is 23.5. The largest absolute Gasteiger partial charge is 0.309 e. The second-order valence-corrected chi connectivity index (χ2v) is 10.8. The van der Waals surface area contributed by atoms with Crippen LogP contribution < -0.4 is 5.56 Å². The number of aromatic amines is 1. The molecule has 3 heterocycles. The number of nitrogens with zero attached hydrogens (tertiary/aromatic N) is 3. The fourth-order valence-electron chi connectivity index (χ4n) is 3.93. The number of piperazine rings is 1. The van der Waals surface area contributed by atoms with E-state index in [4.69, 9.17) is 0 Å². The maximum absolute atomic E-state index is 14.0. The Labute approximate surface area is 194 Å². The van der Waals surface area contributed by atoms with Crippen LogP contribution in [-0.2, 0) is 16.6 Å². The lowest BCUT2D eigenvalue weighted by Gasteiger charge is -2.33. The molecule has 2 aromatic carbocycles. The molecule has 7 nitrogen and oxygen atoms in total. The first-order valence-electron chi connectivity index (χ1n) is 10.5. The van der Waals surface area contributed by atoms with Gasteiger partial charge in [0.15, 0.2) is 0 Å². The fourth-order valence-corrected chi connectivity index (χ4v) is 6.47. The topological polar surface area (TPSA) is 86.4 Å². The number of hydrogen-bond donors (Lipinski definition) is 1. The van der Waals surface area contributed by atoms with Gasteiger partial charge in [0.25, 0.3) is 5.56 Å². The van der Waals surface area contributed by atoms with E-state index >= 15 is 0 Å². The van der Waals surface area contributed by atoms with Gasteiger partial charge in [-0.25, -0.2) is 17.8 Å². The molecule has 0 atom stereocenters. The Morgan fingerprint density at radius 2 is 1.70 bits per heavy atom. The summed E-state index contributed by atoms with van der Waals surface area (Å²) in [5.41, 5.74) is 0.850. The van der Waals surface area contributed by atoms with Crippen LogP contribution in [0.2, 0.25) is 0 Å². The molecule has 5 rings (SSSR count). The number of nitrogens with one attached hydrogen (secondary N) is 1. The van der Waals surface area contributed by atoms with Gasteiger partial charge in [-0.3, -0.25) is 9.69 Å². The third-order valence-corrected chi connectivity index (χ3v) is 8.68. The minimum Gasteiger partial charge on any atom is -0.309 e. The molecule has 1 N–H and O–H groups in total. The molecule has 2 aromatic heterocycles. The maximum atomic E-state index is 14.0. The highest BCUT2D eigenvalue weighted by Crippen LogP contribution is 2.30. The molecule has 10 heteroatoms. The highest BCUT2D eigenvalue weighted by molar-refractivity contribution is 7.89. The number of benzene rings is 2. The summed E-state index contributed by atoms with van der Waals surface area (Å²) in [6.07, 6.45) is 0. The Morgan fingerprint density at radius 3 is 2.42 bits per heavy atom. The molecule has 4 aromatic rings. The SMILES string of the molecule is O=c1[nH]c(CN2CCN(S(=O)(=O)c3ccccc3F)CC2)nc2sc(-c3ccccc3)cc12. The Bertz CT molecular complexity index is 1460. The summed E-state index contributed by atoms with van der Waals surface area (Å²) >= 11 is 1.47. The minimum absolute atomic E-state index is 0.186. The zero-order chi connectivity index (χ0) is 23.0. The van der Waals surface area contributed by atoms with Gasteiger partial charge in [-0.2, -0.15) is 4.31 Å². The molecule has 0 amide bonds. The van der Waals surface area contributed by atoms with E-state index in [1.54, 1.807) is 0 Å². The van der Waals surface area contributed by atoms with Gasteiger partial charge in [0, 0.05) is 31.1 Å². The van der Waals surface area contributed by atoms with E-state index in [1.165, 1.54) is 33.8 Å². The number of hydrogen-bond acceptors (Lipinski definition) is 6. The monoisotopic (exact) mass is 484 g/mol. The van der Waals surface area contributed by atoms with Gasteiger partial charge in [0.1, 0.15) is 21.4 Å². The third kappa shape index (κ3) is 4.34. The minimum atomic E-state index is -3.89. The molecule has 1 fully saturated rings. The molecule has 1 aliphatic rings. The van der Waals surface area contributed by atoms with Gasteiger partial charge in [0.2, 0.25) is 10.0 Å². The number of thiophene rings is 1. The molecule has 1 saturated heterocycles. The van der Waals surface area contributed by atoms with Gasteiger partial charge in [0.05, 0.1) is 11.9 Å². The molecule has 0 radical (unpaired) electrons. The standard InChI is InChI=1S/C23H21FN4O3S2/c24-18-8-4-5-9-20(18)33(30,31)28-12-10-27(11-13-28)15-21-25-22(29)17-14-19(32-23(17)26-21)16-6-2-1-3-7-16/h1-9,14H,10-13,15H2,(H,25,26,29). The summed E-state index contributed by atoms with van der Waals surface area (Å²) in [6, 6.07) is 17.1. The molecule has 0 aliphatic carbocycles. The van der Waals surface area contributed by atoms with Crippen LogP contribution in [0.3, 0.4) is 0 Å². The van der Waals surface area contributed by atoms with Crippen LogP contribution in [0.25, 0.3) is 20.7 Å². The van der Waals surface area contributed by atoms with E-state index in [0.29, 0.717) is 35.7 Å². The first-order valence-corrected chi connectivity index (χ1v) is 12.7. The van der Waals surface area contributed by atoms with Gasteiger partial charge >= 0.3 is 0 Å². The lowest BCUT2D eigenvalue weighted by Crippen LogP contribution is -2.48. The lowest BCUT2D eigenvalue weighted by molar-refractivity contribution is 0.178. The zero-order valence-corrected chi connectivity index (χ0v) is 19.2. The molecule has 0 saturated carbocycles. The van der Waals surface area contributed by atoms with E-state index in [-0.39, 0.29) is 23.5 Å². The average molecular weight is 485 g/mol. The summed E-state index contributed by atoms with van der Waals surface area (Å²) in [5, 5.41) is 0.559. The molecule has 0 spiro atoms. The molecule has 1 aliphatic heterocycles. The predicted molar refractivity (Wildman–Crippen MR) is 126 cm³/mol. The van der Waals surface area contributed by atoms with Crippen LogP contribution in [0, 0.1) is 5.82 Å². The predicted octanol–water partition coefficient (Wildman–Crippen LogP) is 3.30. The first kappa shape index (κ1) is 21.9. The number of fused-ring (bicyclic) bond motifs is 1. The van der Waals surface area contributed by atoms with Crippen molar-refractivity contribution < 1.29 is 12.8 Å². The number of H-pyrrole nitrogens is 1. The number of rotatable bonds is 5. The normalized spacial score (nSPS) is 15.8. The lowest BCUT2D eigenvalue weighted by atomic mass is 10.2. The van der Waals surface area contributed by atoms with Crippen LogP contribution >= 0.6 is 11.3 Å². The molecular formula is C23H21FN4O3S2. The number of aromatic nitrogens is 2. The van der Waals surface area contributed by atoms with Crippen LogP contribution in [-0.4, -0.2) is 53.8 Å². The second kappa shape index (κ2) is 8.79. The molecule has 0 bridgehead atoms. The maximum Gasteiger partial charge on any atom is 0.259 e. The van der Waals surface area contributed by atoms with Crippen molar-refractivity contribution in [2.24, 2.45) is 0 Å². The van der Waals surface area contributed by atoms with Crippen LogP contribution in [0.4, 0.5) is 4.39 Å². The van der Waals surface area contributed by atoms with Crippen molar-refractivity contribution in [3.8, 4) is 10.4 Å². The van der Waals surface area contributed by atoms with E-state index in [1.807, 2.05) is 41.3 Å². The Morgan fingerprint density at radius 1 is 1.00 bits per heavy atom. The van der Waals surface area contributed by atoms with Crippen LogP contribution in [0.15, 0.2) is 70.4 Å². The first-order chi connectivity index (χ1) is 15.9. The van der Waals surface area contributed by atoms with Gasteiger partial charge in [-0.05, 0) is 23.8 Å². The van der Waals surface area contributed by atoms with Crippen LogP contribution in [0.5, 0.6) is 0 Å². The van der Waals surface area contributed by atoms with Crippen molar-refractivity contribution in [1.29, 1.82) is 0 Å². The van der Waals surface area contributed by atoms with Crippen molar-refractivity contribution in [3.63, 3.8) is 0 Å². The van der Waals surface area contributed by atoms with Crippen molar-refractivity contribution in [2.45, 2.75) is 11.4 Å². The van der Waals surface area contributed by atoms with Crippen molar-refractivity contribution in [1.82, 2.24) is 19.2 Å². The van der Waals surface area contributed by atoms with E-state index in [2.05, 4.69) is 9.97 Å². The molecular weight excluding hydrogens is 463 g/mol.